The molecular formula is C13H12N4O5. The van der Waals surface area contributed by atoms with E-state index in [1.807, 2.05) is 5.43 Å². The summed E-state index contributed by atoms with van der Waals surface area (Å²) in [5, 5.41) is 14.5. The number of furan rings is 1. The number of nitro groups is 1. The van der Waals surface area contributed by atoms with Crippen LogP contribution in [0.4, 0.5) is 10.5 Å². The van der Waals surface area contributed by atoms with Crippen molar-refractivity contribution in [2.24, 2.45) is 10.8 Å². The lowest BCUT2D eigenvalue weighted by Crippen LogP contribution is -2.24. The number of nitrogens with zero attached hydrogens (tertiary/aromatic N) is 2. The molecular weight excluding hydrogens is 292 g/mol. The second-order valence-corrected chi connectivity index (χ2v) is 4.08. The highest BCUT2D eigenvalue weighted by Gasteiger charge is 2.17. The van der Waals surface area contributed by atoms with Crippen LogP contribution in [0.25, 0.3) is 11.3 Å². The molecule has 0 saturated carbocycles. The van der Waals surface area contributed by atoms with E-state index < -0.39 is 11.0 Å². The van der Waals surface area contributed by atoms with Crippen LogP contribution in [0.3, 0.4) is 0 Å². The number of carbonyl (C=O) groups excluding carboxylic acids is 1. The zero-order valence-electron chi connectivity index (χ0n) is 11.5. The number of primary amides is 1. The SMILES string of the molecule is COc1ccc(-c2ccc(C=NNC(N)=O)o2)cc1[N+](=O)[O-]. The maximum atomic E-state index is 11.0. The molecule has 0 aliphatic heterocycles. The number of nitrogens with two attached hydrogens (primary N) is 1. The largest absolute Gasteiger partial charge is 0.490 e. The van der Waals surface area contributed by atoms with Crippen LogP contribution < -0.4 is 15.9 Å². The van der Waals surface area contributed by atoms with Gasteiger partial charge in [-0.3, -0.25) is 10.1 Å². The number of hydrazone groups is 1. The summed E-state index contributed by atoms with van der Waals surface area (Å²) in [7, 11) is 1.36. The Balaban J connectivity index is 2.27. The lowest BCUT2D eigenvalue weighted by Gasteiger charge is -2.03. The molecule has 2 amide bonds. The van der Waals surface area contributed by atoms with Crippen molar-refractivity contribution in [3.05, 3.63) is 46.2 Å². The molecule has 2 aromatic rings. The highest BCUT2D eigenvalue weighted by atomic mass is 16.6. The van der Waals surface area contributed by atoms with Gasteiger partial charge in [-0.1, -0.05) is 0 Å². The van der Waals surface area contributed by atoms with Crippen LogP contribution in [0.2, 0.25) is 0 Å². The van der Waals surface area contributed by atoms with E-state index in [1.54, 1.807) is 18.2 Å². The molecule has 0 unspecified atom stereocenters. The Morgan fingerprint density at radius 1 is 1.45 bits per heavy atom. The van der Waals surface area contributed by atoms with Crippen molar-refractivity contribution in [1.82, 2.24) is 5.43 Å². The first kappa shape index (κ1) is 15.0. The van der Waals surface area contributed by atoms with Gasteiger partial charge in [-0.15, -0.1) is 0 Å². The normalized spacial score (nSPS) is 10.6. The number of urea groups is 1. The van der Waals surface area contributed by atoms with Crippen LogP contribution in [0, 0.1) is 10.1 Å². The van der Waals surface area contributed by atoms with Gasteiger partial charge < -0.3 is 14.9 Å². The number of benzene rings is 1. The smallest absolute Gasteiger partial charge is 0.332 e. The van der Waals surface area contributed by atoms with Crippen molar-refractivity contribution in [2.75, 3.05) is 7.11 Å². The molecule has 22 heavy (non-hydrogen) atoms. The fourth-order valence-electron chi connectivity index (χ4n) is 1.72. The summed E-state index contributed by atoms with van der Waals surface area (Å²) >= 11 is 0. The van der Waals surface area contributed by atoms with Gasteiger partial charge in [0.2, 0.25) is 0 Å². The monoisotopic (exact) mass is 304 g/mol. The Kier molecular flexibility index (Phi) is 4.37. The van der Waals surface area contributed by atoms with Gasteiger partial charge in [-0.25, -0.2) is 10.2 Å². The Labute approximate surface area is 124 Å². The summed E-state index contributed by atoms with van der Waals surface area (Å²) < 4.78 is 10.4. The topological polar surface area (TPSA) is 133 Å². The fourth-order valence-corrected chi connectivity index (χ4v) is 1.72. The third-order valence-electron chi connectivity index (χ3n) is 2.65. The molecule has 1 aromatic heterocycles. The molecule has 0 saturated heterocycles. The van der Waals surface area contributed by atoms with Crippen LogP contribution in [0.1, 0.15) is 5.76 Å². The summed E-state index contributed by atoms with van der Waals surface area (Å²) in [5.74, 6) is 0.918. The molecule has 9 heteroatoms. The minimum atomic E-state index is -0.797. The first-order chi connectivity index (χ1) is 10.5. The van der Waals surface area contributed by atoms with E-state index in [4.69, 9.17) is 14.9 Å². The molecule has 1 aromatic carbocycles. The number of rotatable bonds is 5. The quantitative estimate of drug-likeness (QED) is 0.494. The van der Waals surface area contributed by atoms with E-state index >= 15 is 0 Å². The number of ether oxygens (including phenoxy) is 1. The van der Waals surface area contributed by atoms with Gasteiger partial charge in [-0.05, 0) is 24.3 Å². The molecule has 0 fully saturated rings. The summed E-state index contributed by atoms with van der Waals surface area (Å²) in [6.07, 6.45) is 1.26. The van der Waals surface area contributed by atoms with E-state index in [-0.39, 0.29) is 11.4 Å². The lowest BCUT2D eigenvalue weighted by molar-refractivity contribution is -0.385. The number of nitrogens with one attached hydrogen (secondary N) is 1. The predicted octanol–water partition coefficient (Wildman–Crippen LogP) is 1.87. The van der Waals surface area contributed by atoms with Crippen molar-refractivity contribution < 1.29 is 18.9 Å². The average molecular weight is 304 g/mol. The highest BCUT2D eigenvalue weighted by Crippen LogP contribution is 2.32. The number of carbonyl (C=O) groups is 1. The minimum Gasteiger partial charge on any atom is -0.490 e. The maximum Gasteiger partial charge on any atom is 0.332 e. The standard InChI is InChI=1S/C13H12N4O5/c1-21-12-4-2-8(6-10(12)17(19)20)11-5-3-9(22-11)7-15-16-13(14)18/h2-7H,1H3,(H3,14,16,18). The maximum absolute atomic E-state index is 11.0. The second kappa shape index (κ2) is 6.39. The molecule has 0 atom stereocenters. The molecule has 2 rings (SSSR count). The molecule has 1 heterocycles. The molecule has 9 nitrogen and oxygen atoms in total. The Morgan fingerprint density at radius 3 is 2.86 bits per heavy atom. The second-order valence-electron chi connectivity index (χ2n) is 4.08. The van der Waals surface area contributed by atoms with E-state index in [9.17, 15) is 14.9 Å². The van der Waals surface area contributed by atoms with Gasteiger partial charge in [0.25, 0.3) is 0 Å². The van der Waals surface area contributed by atoms with Gasteiger partial charge in [0.05, 0.1) is 18.2 Å². The zero-order chi connectivity index (χ0) is 16.1. The van der Waals surface area contributed by atoms with Crippen molar-refractivity contribution >= 4 is 17.9 Å². The van der Waals surface area contributed by atoms with Gasteiger partial charge >= 0.3 is 11.7 Å². The average Bonchev–Trinajstić information content (AvgIpc) is 2.95. The number of hydrogen-bond donors (Lipinski definition) is 2. The molecule has 0 aliphatic carbocycles. The van der Waals surface area contributed by atoms with E-state index in [1.165, 1.54) is 25.5 Å². The van der Waals surface area contributed by atoms with Crippen molar-refractivity contribution in [3.63, 3.8) is 0 Å². The molecule has 0 bridgehead atoms. The number of amides is 2. The third kappa shape index (κ3) is 3.39. The van der Waals surface area contributed by atoms with Gasteiger partial charge in [0, 0.05) is 11.6 Å². The predicted molar refractivity (Wildman–Crippen MR) is 77.7 cm³/mol. The van der Waals surface area contributed by atoms with Gasteiger partial charge in [-0.2, -0.15) is 5.10 Å². The molecule has 0 radical (unpaired) electrons. The Bertz CT molecular complexity index is 738. The lowest BCUT2D eigenvalue weighted by atomic mass is 10.1. The van der Waals surface area contributed by atoms with Crippen LogP contribution in [-0.4, -0.2) is 24.3 Å². The molecule has 0 spiro atoms. The van der Waals surface area contributed by atoms with Gasteiger partial charge in [0.1, 0.15) is 11.5 Å². The van der Waals surface area contributed by atoms with Crippen molar-refractivity contribution in [3.8, 4) is 17.1 Å². The summed E-state index contributed by atoms with van der Waals surface area (Å²) in [6, 6.07) is 6.88. The number of methoxy groups -OCH3 is 1. The molecule has 0 aliphatic rings. The van der Waals surface area contributed by atoms with E-state index in [2.05, 4.69) is 5.10 Å². The fraction of sp³-hybridized carbons (Fsp3) is 0.0769. The first-order valence-corrected chi connectivity index (χ1v) is 6.02. The summed E-state index contributed by atoms with van der Waals surface area (Å²) in [6.45, 7) is 0. The van der Waals surface area contributed by atoms with E-state index in [0.29, 0.717) is 17.1 Å². The van der Waals surface area contributed by atoms with Crippen LogP contribution in [-0.2, 0) is 0 Å². The number of hydrogen-bond acceptors (Lipinski definition) is 6. The van der Waals surface area contributed by atoms with E-state index in [0.717, 1.165) is 0 Å². The van der Waals surface area contributed by atoms with Crippen LogP contribution in [0.15, 0.2) is 39.9 Å². The van der Waals surface area contributed by atoms with Gasteiger partial charge in [0.15, 0.2) is 5.75 Å². The zero-order valence-corrected chi connectivity index (χ0v) is 11.5. The minimum absolute atomic E-state index is 0.160. The van der Waals surface area contributed by atoms with Crippen LogP contribution in [0.5, 0.6) is 5.75 Å². The Hall–Kier alpha value is -3.36. The van der Waals surface area contributed by atoms with Crippen molar-refractivity contribution in [1.29, 1.82) is 0 Å². The summed E-state index contributed by atoms with van der Waals surface area (Å²) in [5.41, 5.74) is 7.22. The first-order valence-electron chi connectivity index (χ1n) is 6.02. The molecule has 114 valence electrons. The van der Waals surface area contributed by atoms with Crippen molar-refractivity contribution in [2.45, 2.75) is 0 Å². The van der Waals surface area contributed by atoms with Crippen LogP contribution >= 0.6 is 0 Å². The Morgan fingerprint density at radius 2 is 2.23 bits per heavy atom. The highest BCUT2D eigenvalue weighted by molar-refractivity contribution is 5.80. The number of nitro benzene ring substituents is 1. The summed E-state index contributed by atoms with van der Waals surface area (Å²) in [4.78, 5) is 20.9. The molecule has 3 N–H and O–H groups in total. The third-order valence-corrected chi connectivity index (χ3v) is 2.65.